The number of methoxy groups -OCH3 is 1. The molecule has 0 saturated carbocycles. The van der Waals surface area contributed by atoms with E-state index in [0.29, 0.717) is 18.2 Å². The van der Waals surface area contributed by atoms with Crippen LogP contribution in [0.25, 0.3) is 0 Å². The van der Waals surface area contributed by atoms with Crippen LogP contribution in [0.15, 0.2) is 42.5 Å². The zero-order valence-corrected chi connectivity index (χ0v) is 11.9. The van der Waals surface area contributed by atoms with E-state index in [1.807, 2.05) is 18.2 Å². The molecule has 0 aliphatic heterocycles. The van der Waals surface area contributed by atoms with Crippen LogP contribution in [0.4, 0.5) is 0 Å². The predicted molar refractivity (Wildman–Crippen MR) is 78.1 cm³/mol. The largest absolute Gasteiger partial charge is 0.493 e. The summed E-state index contributed by atoms with van der Waals surface area (Å²) < 4.78 is 11.2. The molecule has 0 heterocycles. The van der Waals surface area contributed by atoms with Gasteiger partial charge in [0.15, 0.2) is 11.5 Å². The van der Waals surface area contributed by atoms with E-state index in [4.69, 9.17) is 21.1 Å². The average Bonchev–Trinajstić information content (AvgIpc) is 2.46. The highest BCUT2D eigenvalue weighted by Gasteiger charge is 2.09. The molecule has 2 nitrogen and oxygen atoms in total. The minimum Gasteiger partial charge on any atom is -0.493 e. The first-order valence-electron chi connectivity index (χ1n) is 6.14. The van der Waals surface area contributed by atoms with Gasteiger partial charge in [-0.3, -0.25) is 0 Å². The molecule has 0 saturated heterocycles. The van der Waals surface area contributed by atoms with E-state index in [1.54, 1.807) is 7.11 Å². The fraction of sp³-hybridized carbons (Fsp3) is 0.250. The number of halogens is 1. The average molecular weight is 277 g/mol. The van der Waals surface area contributed by atoms with Crippen LogP contribution in [0.5, 0.6) is 11.5 Å². The Morgan fingerprint density at radius 2 is 1.79 bits per heavy atom. The third-order valence-electron chi connectivity index (χ3n) is 2.93. The van der Waals surface area contributed by atoms with Crippen molar-refractivity contribution in [2.75, 3.05) is 7.11 Å². The van der Waals surface area contributed by atoms with Gasteiger partial charge >= 0.3 is 0 Å². The Labute approximate surface area is 118 Å². The zero-order chi connectivity index (χ0) is 13.7. The highest BCUT2D eigenvalue weighted by molar-refractivity contribution is 6.17. The fourth-order valence-corrected chi connectivity index (χ4v) is 2.04. The van der Waals surface area contributed by atoms with E-state index in [1.165, 1.54) is 5.56 Å². The molecule has 19 heavy (non-hydrogen) atoms. The Balaban J connectivity index is 2.16. The van der Waals surface area contributed by atoms with Crippen LogP contribution < -0.4 is 9.47 Å². The molecule has 0 amide bonds. The molecule has 0 unspecified atom stereocenters. The van der Waals surface area contributed by atoms with Crippen LogP contribution in [0, 0.1) is 6.92 Å². The Bertz CT molecular complexity index is 513. The summed E-state index contributed by atoms with van der Waals surface area (Å²) in [5, 5.41) is 0. The van der Waals surface area contributed by atoms with E-state index >= 15 is 0 Å². The van der Waals surface area contributed by atoms with Crippen LogP contribution in [0.2, 0.25) is 0 Å². The Kier molecular flexibility index (Phi) is 4.69. The molecule has 2 aromatic carbocycles. The number of para-hydroxylation sites is 1. The van der Waals surface area contributed by atoms with Crippen molar-refractivity contribution in [3.05, 3.63) is 59.2 Å². The molecule has 0 N–H and O–H groups in total. The maximum atomic E-state index is 5.93. The third-order valence-corrected chi connectivity index (χ3v) is 3.22. The molecule has 0 bridgehead atoms. The minimum absolute atomic E-state index is 0.403. The third kappa shape index (κ3) is 3.42. The molecule has 100 valence electrons. The summed E-state index contributed by atoms with van der Waals surface area (Å²) in [5.74, 6) is 1.84. The standard InChI is InChI=1S/C16H17ClO2/c1-12-6-8-13(9-7-12)11-19-16-14(10-17)4-3-5-15(16)18-2/h3-9H,10-11H2,1-2H3. The highest BCUT2D eigenvalue weighted by Crippen LogP contribution is 2.32. The van der Waals surface area contributed by atoms with Gasteiger partial charge in [-0.05, 0) is 18.6 Å². The quantitative estimate of drug-likeness (QED) is 0.757. The van der Waals surface area contributed by atoms with Gasteiger partial charge < -0.3 is 9.47 Å². The van der Waals surface area contributed by atoms with Gasteiger partial charge in [0.05, 0.1) is 13.0 Å². The summed E-state index contributed by atoms with van der Waals surface area (Å²) in [6, 6.07) is 14.0. The van der Waals surface area contributed by atoms with Crippen molar-refractivity contribution in [1.82, 2.24) is 0 Å². The molecule has 0 radical (unpaired) electrons. The lowest BCUT2D eigenvalue weighted by molar-refractivity contribution is 0.282. The monoisotopic (exact) mass is 276 g/mol. The number of hydrogen-bond donors (Lipinski definition) is 0. The van der Waals surface area contributed by atoms with Crippen LogP contribution in [-0.4, -0.2) is 7.11 Å². The molecule has 0 aliphatic rings. The number of benzene rings is 2. The van der Waals surface area contributed by atoms with Crippen molar-refractivity contribution >= 4 is 11.6 Å². The van der Waals surface area contributed by atoms with Crippen LogP contribution in [0.3, 0.4) is 0 Å². The smallest absolute Gasteiger partial charge is 0.166 e. The van der Waals surface area contributed by atoms with Crippen molar-refractivity contribution in [2.24, 2.45) is 0 Å². The lowest BCUT2D eigenvalue weighted by Crippen LogP contribution is -2.00. The summed E-state index contributed by atoms with van der Waals surface area (Å²) >= 11 is 5.93. The molecule has 0 spiro atoms. The molecular weight excluding hydrogens is 260 g/mol. The Hall–Kier alpha value is -1.67. The number of ether oxygens (including phenoxy) is 2. The summed E-state index contributed by atoms with van der Waals surface area (Å²) in [6.07, 6.45) is 0. The number of aryl methyl sites for hydroxylation is 1. The van der Waals surface area contributed by atoms with Gasteiger partial charge in [0.25, 0.3) is 0 Å². The Morgan fingerprint density at radius 1 is 1.05 bits per heavy atom. The second-order valence-corrected chi connectivity index (χ2v) is 4.62. The summed E-state index contributed by atoms with van der Waals surface area (Å²) in [7, 11) is 1.63. The first kappa shape index (κ1) is 13.8. The molecule has 0 fully saturated rings. The van der Waals surface area contributed by atoms with Gasteiger partial charge in [-0.2, -0.15) is 0 Å². The molecule has 2 rings (SSSR count). The zero-order valence-electron chi connectivity index (χ0n) is 11.2. The molecule has 0 aliphatic carbocycles. The first-order chi connectivity index (χ1) is 9.24. The first-order valence-corrected chi connectivity index (χ1v) is 6.68. The molecular formula is C16H17ClO2. The number of alkyl halides is 1. The predicted octanol–water partition coefficient (Wildman–Crippen LogP) is 4.32. The van der Waals surface area contributed by atoms with E-state index in [9.17, 15) is 0 Å². The summed E-state index contributed by atoms with van der Waals surface area (Å²) in [5.41, 5.74) is 3.30. The minimum atomic E-state index is 0.403. The van der Waals surface area contributed by atoms with E-state index in [-0.39, 0.29) is 0 Å². The normalized spacial score (nSPS) is 10.3. The topological polar surface area (TPSA) is 18.5 Å². The van der Waals surface area contributed by atoms with Crippen molar-refractivity contribution < 1.29 is 9.47 Å². The lowest BCUT2D eigenvalue weighted by Gasteiger charge is -2.14. The van der Waals surface area contributed by atoms with Crippen LogP contribution >= 0.6 is 11.6 Å². The van der Waals surface area contributed by atoms with Gasteiger partial charge in [0, 0.05) is 5.56 Å². The fourth-order valence-electron chi connectivity index (χ4n) is 1.83. The van der Waals surface area contributed by atoms with Gasteiger partial charge in [-0.25, -0.2) is 0 Å². The van der Waals surface area contributed by atoms with Crippen LogP contribution in [-0.2, 0) is 12.5 Å². The number of rotatable bonds is 5. The van der Waals surface area contributed by atoms with Crippen LogP contribution in [0.1, 0.15) is 16.7 Å². The Morgan fingerprint density at radius 3 is 2.42 bits per heavy atom. The molecule has 0 aromatic heterocycles. The lowest BCUT2D eigenvalue weighted by atomic mass is 10.1. The SMILES string of the molecule is COc1cccc(CCl)c1OCc1ccc(C)cc1. The van der Waals surface area contributed by atoms with Gasteiger partial charge in [0.1, 0.15) is 6.61 Å². The maximum Gasteiger partial charge on any atom is 0.166 e. The van der Waals surface area contributed by atoms with Crippen molar-refractivity contribution in [1.29, 1.82) is 0 Å². The summed E-state index contributed by atoms with van der Waals surface area (Å²) in [4.78, 5) is 0. The number of hydrogen-bond acceptors (Lipinski definition) is 2. The van der Waals surface area contributed by atoms with E-state index in [2.05, 4.69) is 31.2 Å². The maximum absolute atomic E-state index is 5.93. The second kappa shape index (κ2) is 6.48. The van der Waals surface area contributed by atoms with Crippen molar-refractivity contribution in [2.45, 2.75) is 19.4 Å². The van der Waals surface area contributed by atoms with E-state index in [0.717, 1.165) is 16.9 Å². The molecule has 2 aromatic rings. The van der Waals surface area contributed by atoms with Gasteiger partial charge in [0.2, 0.25) is 0 Å². The van der Waals surface area contributed by atoms with Gasteiger partial charge in [-0.1, -0.05) is 42.0 Å². The van der Waals surface area contributed by atoms with E-state index < -0.39 is 0 Å². The van der Waals surface area contributed by atoms with Gasteiger partial charge in [-0.15, -0.1) is 11.6 Å². The van der Waals surface area contributed by atoms with Crippen molar-refractivity contribution in [3.63, 3.8) is 0 Å². The molecule has 3 heteroatoms. The highest BCUT2D eigenvalue weighted by atomic mass is 35.5. The summed E-state index contributed by atoms with van der Waals surface area (Å²) in [6.45, 7) is 2.57. The molecule has 0 atom stereocenters. The second-order valence-electron chi connectivity index (χ2n) is 4.36. The van der Waals surface area contributed by atoms with Crippen molar-refractivity contribution in [3.8, 4) is 11.5 Å².